The van der Waals surface area contributed by atoms with E-state index in [1.807, 2.05) is 6.92 Å². The molecule has 4 aromatic rings. The molecule has 219 valence electrons. The van der Waals surface area contributed by atoms with Crippen LogP contribution in [0.25, 0.3) is 11.0 Å². The molecule has 11 nitrogen and oxygen atoms in total. The van der Waals surface area contributed by atoms with Gasteiger partial charge in [0.05, 0.1) is 28.2 Å². The maximum absolute atomic E-state index is 14.2. The van der Waals surface area contributed by atoms with Gasteiger partial charge in [0.2, 0.25) is 0 Å². The van der Waals surface area contributed by atoms with E-state index < -0.39 is 33.8 Å². The van der Waals surface area contributed by atoms with Crippen LogP contribution < -0.4 is 9.47 Å². The number of hydrogen-bond acceptors (Lipinski definition) is 9. The molecule has 2 heterocycles. The zero-order valence-corrected chi connectivity index (χ0v) is 27.8. The van der Waals surface area contributed by atoms with Gasteiger partial charge in [0, 0.05) is 72.6 Å². The van der Waals surface area contributed by atoms with Crippen molar-refractivity contribution in [2.24, 2.45) is 0 Å². The largest absolute Gasteiger partial charge is 0.609 e. The van der Waals surface area contributed by atoms with Gasteiger partial charge in [-0.25, -0.2) is 13.2 Å². The second kappa shape index (κ2) is 14.7. The Bertz CT molecular complexity index is 1650. The second-order valence-electron chi connectivity index (χ2n) is 9.29. The van der Waals surface area contributed by atoms with E-state index in [1.54, 1.807) is 57.5 Å². The van der Waals surface area contributed by atoms with Gasteiger partial charge in [-0.1, -0.05) is 12.1 Å². The standard InChI is InChI=1S/C28H31N3O8S2.Na/c1-18-14-21(39-16-26(32)33)15-19(2)27(18)41(35,36)31-24-9-6-5-8-22(24)30-28(31)40(34)17-23-20(3)25(10-11-29-23)38-13-7-12-37-4;/h5-6,8-11,14-15H,7,12-13,16-17H2,1-4H3,(H,32,33);. The van der Waals surface area contributed by atoms with Crippen molar-refractivity contribution in [3.63, 3.8) is 0 Å². The molecule has 14 heteroatoms. The van der Waals surface area contributed by atoms with Gasteiger partial charge in [0.1, 0.15) is 11.5 Å². The van der Waals surface area contributed by atoms with Crippen molar-refractivity contribution in [1.29, 1.82) is 0 Å². The van der Waals surface area contributed by atoms with Crippen molar-refractivity contribution in [2.75, 3.05) is 26.9 Å². The van der Waals surface area contributed by atoms with E-state index in [2.05, 4.69) is 9.97 Å². The maximum atomic E-state index is 14.2. The van der Waals surface area contributed by atoms with Crippen molar-refractivity contribution >= 4 is 67.8 Å². The number of para-hydroxylation sites is 2. The molecule has 0 bridgehead atoms. The number of nitrogens with zero attached hydrogens (tertiary/aromatic N) is 3. The third-order valence-corrected chi connectivity index (χ3v) is 9.61. The van der Waals surface area contributed by atoms with Gasteiger partial charge in [0.15, 0.2) is 12.4 Å². The molecule has 2 aromatic heterocycles. The van der Waals surface area contributed by atoms with Crippen molar-refractivity contribution in [3.8, 4) is 11.5 Å². The van der Waals surface area contributed by atoms with Crippen LogP contribution in [0.3, 0.4) is 0 Å². The molecule has 2 aromatic carbocycles. The fraction of sp³-hybridized carbons (Fsp3) is 0.321. The third kappa shape index (κ3) is 7.46. The van der Waals surface area contributed by atoms with E-state index in [-0.39, 0.29) is 56.6 Å². The first-order chi connectivity index (χ1) is 19.5. The summed E-state index contributed by atoms with van der Waals surface area (Å²) < 4.78 is 59.4. The van der Waals surface area contributed by atoms with E-state index in [0.717, 1.165) is 3.97 Å². The minimum Gasteiger partial charge on any atom is -0.609 e. The van der Waals surface area contributed by atoms with E-state index in [9.17, 15) is 17.8 Å². The molecule has 42 heavy (non-hydrogen) atoms. The van der Waals surface area contributed by atoms with Crippen molar-refractivity contribution in [3.05, 3.63) is 71.0 Å². The number of ether oxygens (including phenoxy) is 3. The molecular weight excluding hydrogens is 593 g/mol. The Morgan fingerprint density at radius 1 is 1.07 bits per heavy atom. The summed E-state index contributed by atoms with van der Waals surface area (Å²) in [6, 6.07) is 11.3. The van der Waals surface area contributed by atoms with Crippen LogP contribution in [0.15, 0.2) is 58.7 Å². The quantitative estimate of drug-likeness (QED) is 0.133. The molecule has 0 spiro atoms. The first-order valence-electron chi connectivity index (χ1n) is 12.7. The molecule has 0 aliphatic carbocycles. The molecule has 0 saturated heterocycles. The smallest absolute Gasteiger partial charge is 0.341 e. The number of aryl methyl sites for hydroxylation is 2. The van der Waals surface area contributed by atoms with Crippen LogP contribution in [0, 0.1) is 20.8 Å². The summed E-state index contributed by atoms with van der Waals surface area (Å²) in [4.78, 5) is 19.8. The Labute approximate surface area is 269 Å². The average molecular weight is 625 g/mol. The van der Waals surface area contributed by atoms with Crippen LogP contribution in [0.2, 0.25) is 0 Å². The van der Waals surface area contributed by atoms with E-state index in [0.29, 0.717) is 53.3 Å². The number of aliphatic carboxylic acids is 1. The van der Waals surface area contributed by atoms with Gasteiger partial charge in [-0.15, -0.1) is 0 Å². The van der Waals surface area contributed by atoms with E-state index in [4.69, 9.17) is 19.3 Å². The Kier molecular flexibility index (Phi) is 11.8. The number of benzene rings is 2. The predicted octanol–water partition coefficient (Wildman–Crippen LogP) is 3.40. The van der Waals surface area contributed by atoms with E-state index >= 15 is 0 Å². The maximum Gasteiger partial charge on any atom is 0.341 e. The molecule has 0 amide bonds. The van der Waals surface area contributed by atoms with Crippen LogP contribution in [0.5, 0.6) is 11.5 Å². The molecule has 1 radical (unpaired) electrons. The third-order valence-electron chi connectivity index (χ3n) is 6.27. The Morgan fingerprint density at radius 2 is 1.76 bits per heavy atom. The van der Waals surface area contributed by atoms with Gasteiger partial charge in [0.25, 0.3) is 10.0 Å². The minimum absolute atomic E-state index is 0. The number of methoxy groups -OCH3 is 1. The molecule has 0 saturated carbocycles. The topological polar surface area (TPSA) is 153 Å². The van der Waals surface area contributed by atoms with E-state index in [1.165, 1.54) is 12.1 Å². The number of imidazole rings is 1. The van der Waals surface area contributed by atoms with Crippen molar-refractivity contribution in [2.45, 2.75) is 43.0 Å². The monoisotopic (exact) mass is 624 g/mol. The summed E-state index contributed by atoms with van der Waals surface area (Å²) in [5.41, 5.74) is 2.53. The first kappa shape index (κ1) is 33.8. The zero-order chi connectivity index (χ0) is 29.7. The van der Waals surface area contributed by atoms with Crippen LogP contribution in [0.1, 0.15) is 28.8 Å². The molecule has 0 aliphatic rings. The fourth-order valence-corrected chi connectivity index (χ4v) is 7.90. The number of pyridine rings is 1. The van der Waals surface area contributed by atoms with Gasteiger partial charge in [-0.3, -0.25) is 4.98 Å². The van der Waals surface area contributed by atoms with Gasteiger partial charge >= 0.3 is 11.1 Å². The molecule has 1 atom stereocenters. The number of carbonyl (C=O) groups is 1. The number of fused-ring (bicyclic) bond motifs is 1. The van der Waals surface area contributed by atoms with Gasteiger partial charge < -0.3 is 23.9 Å². The molecule has 1 N–H and O–H groups in total. The molecule has 4 rings (SSSR count). The first-order valence-corrected chi connectivity index (χ1v) is 15.4. The second-order valence-corrected chi connectivity index (χ2v) is 12.4. The van der Waals surface area contributed by atoms with Gasteiger partial charge in [-0.2, -0.15) is 8.96 Å². The minimum atomic E-state index is -4.30. The van der Waals surface area contributed by atoms with Crippen molar-refractivity contribution < 1.29 is 37.1 Å². The normalized spacial score (nSPS) is 12.1. The Hall–Kier alpha value is -2.65. The number of aromatic nitrogens is 3. The number of rotatable bonds is 13. The summed E-state index contributed by atoms with van der Waals surface area (Å²) in [5, 5.41) is 8.79. The average Bonchev–Trinajstić information content (AvgIpc) is 3.32. The number of hydrogen-bond donors (Lipinski definition) is 1. The predicted molar refractivity (Wildman–Crippen MR) is 158 cm³/mol. The SMILES string of the molecule is COCCCOc1ccnc(C[S+]([O-])c2nc3ccccc3n2S(=O)(=O)c2c(C)cc(OCC(=O)O)cc2C)c1C.[Na]. The summed E-state index contributed by atoms with van der Waals surface area (Å²) in [6.45, 7) is 5.43. The summed E-state index contributed by atoms with van der Waals surface area (Å²) >= 11 is -1.91. The Morgan fingerprint density at radius 3 is 2.43 bits per heavy atom. The summed E-state index contributed by atoms with van der Waals surface area (Å²) in [5.74, 6) is -0.408. The van der Waals surface area contributed by atoms with Crippen LogP contribution in [-0.4, -0.2) is 94.5 Å². The number of carboxylic acid groups (broad SMARTS) is 1. The molecular formula is C28H31N3NaO8S2. The van der Waals surface area contributed by atoms with Crippen LogP contribution in [0.4, 0.5) is 0 Å². The zero-order valence-electron chi connectivity index (χ0n) is 24.1. The molecule has 1 unspecified atom stereocenters. The Balaban J connectivity index is 0.00000484. The van der Waals surface area contributed by atoms with Crippen molar-refractivity contribution in [1.82, 2.24) is 13.9 Å². The number of carboxylic acids is 1. The van der Waals surface area contributed by atoms with Gasteiger partial charge in [-0.05, 0) is 62.2 Å². The van der Waals surface area contributed by atoms with Crippen LogP contribution in [-0.2, 0) is 36.5 Å². The fourth-order valence-electron chi connectivity index (χ4n) is 4.43. The molecule has 0 aliphatic heterocycles. The summed E-state index contributed by atoms with van der Waals surface area (Å²) in [7, 11) is -2.68. The molecule has 0 fully saturated rings. The van der Waals surface area contributed by atoms with Crippen LogP contribution >= 0.6 is 0 Å². The summed E-state index contributed by atoms with van der Waals surface area (Å²) in [6.07, 6.45) is 2.26.